The number of hydrogen-bond donors (Lipinski definition) is 0. The summed E-state index contributed by atoms with van der Waals surface area (Å²) in [6.07, 6.45) is 3.86. The molecule has 0 spiro atoms. The number of nitrogens with zero attached hydrogens (tertiary/aromatic N) is 4. The molecule has 4 rings (SSSR count). The van der Waals surface area contributed by atoms with Gasteiger partial charge in [-0.2, -0.15) is 4.98 Å². The fourth-order valence-electron chi connectivity index (χ4n) is 3.53. The standard InChI is InChI=1S/C21H22N4O3/c1-27-18-10-3-2-7-15(18)13-19(26)25-12-6-8-16(14-25)20-23-21(28-24-20)17-9-4-5-11-22-17/h2-5,7,9-11,16H,6,8,12-14H2,1H3/t16-/m0/s1. The average molecular weight is 378 g/mol. The van der Waals surface area contributed by atoms with Crippen LogP contribution in [-0.2, 0) is 11.2 Å². The summed E-state index contributed by atoms with van der Waals surface area (Å²) in [6, 6.07) is 13.2. The normalized spacial score (nSPS) is 16.8. The van der Waals surface area contributed by atoms with Crippen LogP contribution in [0.1, 0.15) is 30.1 Å². The number of hydrogen-bond acceptors (Lipinski definition) is 6. The fourth-order valence-corrected chi connectivity index (χ4v) is 3.53. The number of rotatable bonds is 5. The first-order valence-corrected chi connectivity index (χ1v) is 9.39. The van der Waals surface area contributed by atoms with Crippen molar-refractivity contribution < 1.29 is 14.1 Å². The van der Waals surface area contributed by atoms with Crippen molar-refractivity contribution in [1.82, 2.24) is 20.0 Å². The van der Waals surface area contributed by atoms with E-state index in [4.69, 9.17) is 9.26 Å². The number of amides is 1. The van der Waals surface area contributed by atoms with Gasteiger partial charge in [0.25, 0.3) is 5.89 Å². The molecule has 1 aromatic carbocycles. The molecule has 1 fully saturated rings. The van der Waals surface area contributed by atoms with E-state index in [2.05, 4.69) is 15.1 Å². The molecule has 1 atom stereocenters. The van der Waals surface area contributed by atoms with Gasteiger partial charge in [-0.05, 0) is 31.0 Å². The lowest BCUT2D eigenvalue weighted by atomic mass is 9.96. The van der Waals surface area contributed by atoms with Crippen LogP contribution < -0.4 is 4.74 Å². The number of pyridine rings is 1. The third-order valence-corrected chi connectivity index (χ3v) is 5.00. The predicted molar refractivity (Wildman–Crippen MR) is 103 cm³/mol. The van der Waals surface area contributed by atoms with Crippen LogP contribution in [0.5, 0.6) is 5.75 Å². The van der Waals surface area contributed by atoms with E-state index < -0.39 is 0 Å². The lowest BCUT2D eigenvalue weighted by Gasteiger charge is -2.31. The van der Waals surface area contributed by atoms with Gasteiger partial charge in [-0.3, -0.25) is 9.78 Å². The van der Waals surface area contributed by atoms with E-state index in [1.807, 2.05) is 47.4 Å². The molecule has 0 radical (unpaired) electrons. The molecule has 1 aliphatic rings. The number of para-hydroxylation sites is 1. The first-order chi connectivity index (χ1) is 13.7. The minimum Gasteiger partial charge on any atom is -0.496 e. The molecule has 2 aromatic heterocycles. The predicted octanol–water partition coefficient (Wildman–Crippen LogP) is 3.09. The number of benzene rings is 1. The quantitative estimate of drug-likeness (QED) is 0.679. The summed E-state index contributed by atoms with van der Waals surface area (Å²) in [5, 5.41) is 4.14. The van der Waals surface area contributed by atoms with Crippen molar-refractivity contribution in [3.05, 3.63) is 60.0 Å². The summed E-state index contributed by atoms with van der Waals surface area (Å²) < 4.78 is 10.7. The number of likely N-dealkylation sites (tertiary alicyclic amines) is 1. The van der Waals surface area contributed by atoms with Gasteiger partial charge >= 0.3 is 0 Å². The summed E-state index contributed by atoms with van der Waals surface area (Å²) >= 11 is 0. The number of aromatic nitrogens is 3. The zero-order chi connectivity index (χ0) is 19.3. The van der Waals surface area contributed by atoms with Crippen LogP contribution in [0.25, 0.3) is 11.6 Å². The molecular formula is C21H22N4O3. The molecule has 0 saturated carbocycles. The van der Waals surface area contributed by atoms with Crippen molar-refractivity contribution in [2.24, 2.45) is 0 Å². The monoisotopic (exact) mass is 378 g/mol. The van der Waals surface area contributed by atoms with E-state index in [0.717, 1.165) is 30.7 Å². The molecule has 7 nitrogen and oxygen atoms in total. The fraction of sp³-hybridized carbons (Fsp3) is 0.333. The molecule has 0 aliphatic carbocycles. The molecule has 0 bridgehead atoms. The van der Waals surface area contributed by atoms with Crippen LogP contribution in [0, 0.1) is 0 Å². The molecule has 1 saturated heterocycles. The molecule has 7 heteroatoms. The highest BCUT2D eigenvalue weighted by molar-refractivity contribution is 5.79. The summed E-state index contributed by atoms with van der Waals surface area (Å²) in [4.78, 5) is 23.5. The number of methoxy groups -OCH3 is 1. The van der Waals surface area contributed by atoms with Gasteiger partial charge in [0.05, 0.1) is 13.5 Å². The number of carbonyl (C=O) groups is 1. The summed E-state index contributed by atoms with van der Waals surface area (Å²) in [6.45, 7) is 1.34. The van der Waals surface area contributed by atoms with E-state index in [-0.39, 0.29) is 11.8 Å². The maximum Gasteiger partial charge on any atom is 0.276 e. The number of piperidine rings is 1. The van der Waals surface area contributed by atoms with Crippen LogP contribution in [0.4, 0.5) is 0 Å². The molecule has 0 unspecified atom stereocenters. The summed E-state index contributed by atoms with van der Waals surface area (Å²) in [5.41, 5.74) is 1.55. The Kier molecular flexibility index (Phi) is 5.32. The molecule has 1 amide bonds. The van der Waals surface area contributed by atoms with Crippen LogP contribution >= 0.6 is 0 Å². The molecule has 28 heavy (non-hydrogen) atoms. The Morgan fingerprint density at radius 3 is 2.93 bits per heavy atom. The zero-order valence-corrected chi connectivity index (χ0v) is 15.7. The first kappa shape index (κ1) is 18.2. The summed E-state index contributed by atoms with van der Waals surface area (Å²) in [7, 11) is 1.62. The smallest absolute Gasteiger partial charge is 0.276 e. The topological polar surface area (TPSA) is 81.4 Å². The van der Waals surface area contributed by atoms with E-state index in [9.17, 15) is 4.79 Å². The van der Waals surface area contributed by atoms with Crippen LogP contribution in [-0.4, -0.2) is 46.1 Å². The van der Waals surface area contributed by atoms with Crippen LogP contribution in [0.3, 0.4) is 0 Å². The van der Waals surface area contributed by atoms with E-state index in [1.165, 1.54) is 0 Å². The third kappa shape index (κ3) is 3.88. The highest BCUT2D eigenvalue weighted by atomic mass is 16.5. The van der Waals surface area contributed by atoms with Crippen molar-refractivity contribution in [3.8, 4) is 17.3 Å². The van der Waals surface area contributed by atoms with E-state index in [0.29, 0.717) is 30.4 Å². The summed E-state index contributed by atoms with van der Waals surface area (Å²) in [5.74, 6) is 1.94. The minimum absolute atomic E-state index is 0.0663. The lowest BCUT2D eigenvalue weighted by Crippen LogP contribution is -2.40. The maximum absolute atomic E-state index is 12.8. The Balaban J connectivity index is 1.44. The molecule has 1 aliphatic heterocycles. The molecule has 3 heterocycles. The van der Waals surface area contributed by atoms with Crippen molar-refractivity contribution in [1.29, 1.82) is 0 Å². The van der Waals surface area contributed by atoms with Gasteiger partial charge in [0.1, 0.15) is 11.4 Å². The second-order valence-corrected chi connectivity index (χ2v) is 6.84. The second-order valence-electron chi connectivity index (χ2n) is 6.84. The average Bonchev–Trinajstić information content (AvgIpc) is 3.25. The van der Waals surface area contributed by atoms with Crippen LogP contribution in [0.15, 0.2) is 53.2 Å². The Morgan fingerprint density at radius 1 is 1.25 bits per heavy atom. The Morgan fingerprint density at radius 2 is 2.11 bits per heavy atom. The van der Waals surface area contributed by atoms with Gasteiger partial charge < -0.3 is 14.2 Å². The molecular weight excluding hydrogens is 356 g/mol. The zero-order valence-electron chi connectivity index (χ0n) is 15.7. The highest BCUT2D eigenvalue weighted by Gasteiger charge is 2.28. The molecule has 0 N–H and O–H groups in total. The van der Waals surface area contributed by atoms with Gasteiger partial charge in [0, 0.05) is 30.8 Å². The van der Waals surface area contributed by atoms with Crippen molar-refractivity contribution >= 4 is 5.91 Å². The SMILES string of the molecule is COc1ccccc1CC(=O)N1CCC[C@H](c2noc(-c3ccccn3)n2)C1. The highest BCUT2D eigenvalue weighted by Crippen LogP contribution is 2.27. The lowest BCUT2D eigenvalue weighted by molar-refractivity contribution is -0.131. The third-order valence-electron chi connectivity index (χ3n) is 5.00. The van der Waals surface area contributed by atoms with E-state index >= 15 is 0 Å². The maximum atomic E-state index is 12.8. The van der Waals surface area contributed by atoms with Crippen molar-refractivity contribution in [2.45, 2.75) is 25.2 Å². The van der Waals surface area contributed by atoms with Gasteiger partial charge in [-0.15, -0.1) is 0 Å². The Labute approximate surface area is 163 Å². The minimum atomic E-state index is 0.0663. The second kappa shape index (κ2) is 8.21. The first-order valence-electron chi connectivity index (χ1n) is 9.39. The van der Waals surface area contributed by atoms with Crippen LogP contribution in [0.2, 0.25) is 0 Å². The molecule has 144 valence electrons. The number of carbonyl (C=O) groups excluding carboxylic acids is 1. The van der Waals surface area contributed by atoms with Gasteiger partial charge in [0.15, 0.2) is 5.82 Å². The van der Waals surface area contributed by atoms with Crippen molar-refractivity contribution in [2.75, 3.05) is 20.2 Å². The largest absolute Gasteiger partial charge is 0.496 e. The Hall–Kier alpha value is -3.22. The van der Waals surface area contributed by atoms with Crippen molar-refractivity contribution in [3.63, 3.8) is 0 Å². The van der Waals surface area contributed by atoms with Gasteiger partial charge in [-0.1, -0.05) is 29.4 Å². The van der Waals surface area contributed by atoms with Gasteiger partial charge in [-0.25, -0.2) is 0 Å². The number of ether oxygens (including phenoxy) is 1. The van der Waals surface area contributed by atoms with Gasteiger partial charge in [0.2, 0.25) is 5.91 Å². The Bertz CT molecular complexity index is 942. The molecule has 3 aromatic rings. The van der Waals surface area contributed by atoms with E-state index in [1.54, 1.807) is 13.3 Å².